The van der Waals surface area contributed by atoms with Crippen LogP contribution >= 0.6 is 11.3 Å². The van der Waals surface area contributed by atoms with Crippen molar-refractivity contribution in [1.82, 2.24) is 4.90 Å². The maximum Gasteiger partial charge on any atom is 0.303 e. The first-order valence-electron chi connectivity index (χ1n) is 5.21. The van der Waals surface area contributed by atoms with E-state index in [0.717, 1.165) is 6.42 Å². The lowest BCUT2D eigenvalue weighted by molar-refractivity contribution is -0.141. The van der Waals surface area contributed by atoms with Crippen molar-refractivity contribution in [3.05, 3.63) is 21.9 Å². The van der Waals surface area contributed by atoms with Gasteiger partial charge in [0.25, 0.3) is 0 Å². The number of thiophene rings is 1. The number of nitrogens with zero attached hydrogens (tertiary/aromatic N) is 1. The smallest absolute Gasteiger partial charge is 0.303 e. The van der Waals surface area contributed by atoms with Crippen molar-refractivity contribution in [2.45, 2.75) is 25.8 Å². The van der Waals surface area contributed by atoms with Crippen LogP contribution in [0.2, 0.25) is 0 Å². The molecule has 0 atom stereocenters. The Bertz CT molecular complexity index is 413. The Morgan fingerprint density at radius 2 is 2.25 bits per heavy atom. The molecule has 2 rings (SSSR count). The first-order chi connectivity index (χ1) is 7.66. The van der Waals surface area contributed by atoms with Gasteiger partial charge in [-0.2, -0.15) is 0 Å². The fourth-order valence-electron chi connectivity index (χ4n) is 1.82. The van der Waals surface area contributed by atoms with E-state index in [1.54, 1.807) is 16.2 Å². The molecule has 16 heavy (non-hydrogen) atoms. The van der Waals surface area contributed by atoms with Gasteiger partial charge in [0.05, 0.1) is 13.0 Å². The molecule has 1 N–H and O–H groups in total. The molecule has 1 amide bonds. The molecule has 5 heteroatoms. The molecule has 0 saturated carbocycles. The number of amides is 1. The molecule has 0 spiro atoms. The number of carbonyl (C=O) groups excluding carboxylic acids is 1. The summed E-state index contributed by atoms with van der Waals surface area (Å²) in [4.78, 5) is 25.1. The van der Waals surface area contributed by atoms with E-state index in [-0.39, 0.29) is 18.7 Å². The molecule has 1 aromatic rings. The highest BCUT2D eigenvalue weighted by molar-refractivity contribution is 7.10. The van der Waals surface area contributed by atoms with Crippen LogP contribution in [0.3, 0.4) is 0 Å². The zero-order valence-electron chi connectivity index (χ0n) is 8.81. The van der Waals surface area contributed by atoms with Crippen LogP contribution in [0, 0.1) is 0 Å². The minimum atomic E-state index is -0.915. The number of carbonyl (C=O) groups is 2. The normalized spacial score (nSPS) is 14.6. The molecule has 0 fully saturated rings. The molecule has 0 radical (unpaired) electrons. The number of rotatable bonds is 3. The van der Waals surface area contributed by atoms with Crippen LogP contribution < -0.4 is 0 Å². The van der Waals surface area contributed by atoms with Gasteiger partial charge in [0.15, 0.2) is 0 Å². The Morgan fingerprint density at radius 3 is 3.00 bits per heavy atom. The van der Waals surface area contributed by atoms with Crippen molar-refractivity contribution in [3.63, 3.8) is 0 Å². The van der Waals surface area contributed by atoms with E-state index in [0.29, 0.717) is 13.1 Å². The summed E-state index contributed by atoms with van der Waals surface area (Å²) in [6.45, 7) is 1.35. The van der Waals surface area contributed by atoms with Crippen molar-refractivity contribution in [2.75, 3.05) is 6.54 Å². The van der Waals surface area contributed by atoms with Crippen molar-refractivity contribution in [2.24, 2.45) is 0 Å². The van der Waals surface area contributed by atoms with Crippen LogP contribution in [-0.2, 0) is 22.6 Å². The van der Waals surface area contributed by atoms with Crippen molar-refractivity contribution >= 4 is 23.2 Å². The Morgan fingerprint density at radius 1 is 1.44 bits per heavy atom. The predicted octanol–water partition coefficient (Wildman–Crippen LogP) is 1.50. The molecule has 0 aliphatic carbocycles. The maximum atomic E-state index is 11.7. The minimum Gasteiger partial charge on any atom is -0.481 e. The van der Waals surface area contributed by atoms with E-state index >= 15 is 0 Å². The predicted molar refractivity (Wildman–Crippen MR) is 60.3 cm³/mol. The minimum absolute atomic E-state index is 0.0542. The third-order valence-corrected chi connectivity index (χ3v) is 3.68. The number of carboxylic acid groups (broad SMARTS) is 1. The number of hydrogen-bond donors (Lipinski definition) is 1. The van der Waals surface area contributed by atoms with Crippen LogP contribution in [0.5, 0.6) is 0 Å². The number of aliphatic carboxylic acids is 1. The summed E-state index contributed by atoms with van der Waals surface area (Å²) in [7, 11) is 0. The van der Waals surface area contributed by atoms with E-state index in [9.17, 15) is 9.59 Å². The second kappa shape index (κ2) is 4.65. The standard InChI is InChI=1S/C11H13NO3S/c13-10(1-2-11(14)15)12-5-3-8-4-6-16-9(8)7-12/h4,6H,1-3,5,7H2,(H,14,15). The lowest BCUT2D eigenvalue weighted by Crippen LogP contribution is -2.35. The van der Waals surface area contributed by atoms with Gasteiger partial charge >= 0.3 is 5.97 Å². The Kier molecular flexibility index (Phi) is 3.24. The first kappa shape index (κ1) is 11.1. The third kappa shape index (κ3) is 2.41. The molecule has 4 nitrogen and oxygen atoms in total. The molecule has 1 aliphatic rings. The summed E-state index contributed by atoms with van der Waals surface area (Å²) in [6, 6.07) is 2.10. The van der Waals surface area contributed by atoms with Crippen LogP contribution in [-0.4, -0.2) is 28.4 Å². The van der Waals surface area contributed by atoms with Crippen molar-refractivity contribution < 1.29 is 14.7 Å². The molecule has 1 aliphatic heterocycles. The van der Waals surface area contributed by atoms with Crippen LogP contribution in [0.15, 0.2) is 11.4 Å². The van der Waals surface area contributed by atoms with Gasteiger partial charge in [0.1, 0.15) is 0 Å². The van der Waals surface area contributed by atoms with E-state index < -0.39 is 5.97 Å². The van der Waals surface area contributed by atoms with Gasteiger partial charge in [-0.3, -0.25) is 9.59 Å². The van der Waals surface area contributed by atoms with E-state index in [1.807, 2.05) is 5.38 Å². The lowest BCUT2D eigenvalue weighted by atomic mass is 10.1. The third-order valence-electron chi connectivity index (χ3n) is 2.73. The van der Waals surface area contributed by atoms with Crippen LogP contribution in [0.1, 0.15) is 23.3 Å². The summed E-state index contributed by atoms with van der Waals surface area (Å²) in [5, 5.41) is 10.6. The summed E-state index contributed by atoms with van der Waals surface area (Å²) in [6.07, 6.45) is 0.917. The summed E-state index contributed by atoms with van der Waals surface area (Å²) >= 11 is 1.66. The van der Waals surface area contributed by atoms with Gasteiger partial charge in [0.2, 0.25) is 5.91 Å². The zero-order chi connectivity index (χ0) is 11.5. The van der Waals surface area contributed by atoms with E-state index in [2.05, 4.69) is 6.07 Å². The second-order valence-corrected chi connectivity index (χ2v) is 4.83. The fraction of sp³-hybridized carbons (Fsp3) is 0.455. The van der Waals surface area contributed by atoms with E-state index in [1.165, 1.54) is 10.4 Å². The molecule has 1 aromatic heterocycles. The van der Waals surface area contributed by atoms with Gasteiger partial charge < -0.3 is 10.0 Å². The number of carboxylic acids is 1. The second-order valence-electron chi connectivity index (χ2n) is 3.83. The molecular weight excluding hydrogens is 226 g/mol. The fourth-order valence-corrected chi connectivity index (χ4v) is 2.77. The molecule has 0 unspecified atom stereocenters. The highest BCUT2D eigenvalue weighted by Gasteiger charge is 2.21. The lowest BCUT2D eigenvalue weighted by Gasteiger charge is -2.26. The monoisotopic (exact) mass is 239 g/mol. The molecular formula is C11H13NO3S. The highest BCUT2D eigenvalue weighted by Crippen LogP contribution is 2.24. The van der Waals surface area contributed by atoms with Crippen molar-refractivity contribution in [3.8, 4) is 0 Å². The first-order valence-corrected chi connectivity index (χ1v) is 6.09. The molecule has 2 heterocycles. The van der Waals surface area contributed by atoms with Gasteiger partial charge in [-0.1, -0.05) is 0 Å². The largest absolute Gasteiger partial charge is 0.481 e. The zero-order valence-corrected chi connectivity index (χ0v) is 9.63. The number of hydrogen-bond acceptors (Lipinski definition) is 3. The molecule has 86 valence electrons. The van der Waals surface area contributed by atoms with Crippen molar-refractivity contribution in [1.29, 1.82) is 0 Å². The van der Waals surface area contributed by atoms with Crippen LogP contribution in [0.4, 0.5) is 0 Å². The van der Waals surface area contributed by atoms with Gasteiger partial charge in [-0.25, -0.2) is 0 Å². The average Bonchev–Trinajstić information content (AvgIpc) is 2.72. The number of fused-ring (bicyclic) bond motifs is 1. The van der Waals surface area contributed by atoms with Gasteiger partial charge in [-0.15, -0.1) is 11.3 Å². The summed E-state index contributed by atoms with van der Waals surface area (Å²) in [5.41, 5.74) is 1.33. The topological polar surface area (TPSA) is 57.6 Å². The quantitative estimate of drug-likeness (QED) is 0.869. The maximum absolute atomic E-state index is 11.7. The van der Waals surface area contributed by atoms with Gasteiger partial charge in [-0.05, 0) is 23.4 Å². The SMILES string of the molecule is O=C(O)CCC(=O)N1CCc2ccsc2C1. The van der Waals surface area contributed by atoms with E-state index in [4.69, 9.17) is 5.11 Å². The molecule has 0 aromatic carbocycles. The van der Waals surface area contributed by atoms with Gasteiger partial charge in [0, 0.05) is 17.8 Å². The summed E-state index contributed by atoms with van der Waals surface area (Å²) in [5.74, 6) is -0.969. The average molecular weight is 239 g/mol. The Labute approximate surface area is 97.5 Å². The summed E-state index contributed by atoms with van der Waals surface area (Å²) < 4.78 is 0. The molecule has 0 bridgehead atoms. The molecule has 0 saturated heterocycles. The van der Waals surface area contributed by atoms with Crippen LogP contribution in [0.25, 0.3) is 0 Å². The Balaban J connectivity index is 1.93. The Hall–Kier alpha value is -1.36. The highest BCUT2D eigenvalue weighted by atomic mass is 32.1.